The lowest BCUT2D eigenvalue weighted by Gasteiger charge is -2.29. The maximum atomic E-state index is 12.0. The van der Waals surface area contributed by atoms with Crippen LogP contribution >= 0.6 is 0 Å². The fraction of sp³-hybridized carbons (Fsp3) is 0.357. The molecule has 0 aromatic heterocycles. The minimum atomic E-state index is -0.328. The van der Waals surface area contributed by atoms with Crippen molar-refractivity contribution < 1.29 is 19.1 Å². The Morgan fingerprint density at radius 3 is 2.86 bits per heavy atom. The highest BCUT2D eigenvalue weighted by Gasteiger charge is 2.27. The molecule has 112 valence electrons. The molecule has 2 rings (SSSR count). The quantitative estimate of drug-likeness (QED) is 0.725. The van der Waals surface area contributed by atoms with E-state index in [4.69, 9.17) is 10.5 Å². The van der Waals surface area contributed by atoms with Crippen molar-refractivity contribution >= 4 is 23.3 Å². The molecule has 2 amide bonds. The summed E-state index contributed by atoms with van der Waals surface area (Å²) < 4.78 is 5.31. The molecule has 3 N–H and O–H groups in total. The van der Waals surface area contributed by atoms with Crippen molar-refractivity contribution in [2.45, 2.75) is 6.92 Å². The zero-order valence-corrected chi connectivity index (χ0v) is 11.7. The molecule has 0 spiro atoms. The summed E-state index contributed by atoms with van der Waals surface area (Å²) in [5.41, 5.74) is 6.20. The number of amides is 2. The van der Waals surface area contributed by atoms with Crippen molar-refractivity contribution in [1.29, 1.82) is 0 Å². The number of carbonyl (C=O) groups excluding carboxylic acids is 3. The monoisotopic (exact) mass is 291 g/mol. The number of carbonyl (C=O) groups is 3. The summed E-state index contributed by atoms with van der Waals surface area (Å²) in [7, 11) is 0. The summed E-state index contributed by atoms with van der Waals surface area (Å²) in [6.07, 6.45) is 0. The Hall–Kier alpha value is -2.41. The van der Waals surface area contributed by atoms with Crippen LogP contribution in [-0.4, -0.2) is 43.8 Å². The minimum Gasteiger partial charge on any atom is -0.482 e. The van der Waals surface area contributed by atoms with E-state index in [1.54, 1.807) is 18.2 Å². The Balaban J connectivity index is 2.26. The van der Waals surface area contributed by atoms with Gasteiger partial charge >= 0.3 is 0 Å². The van der Waals surface area contributed by atoms with Gasteiger partial charge in [0.15, 0.2) is 12.4 Å². The Morgan fingerprint density at radius 1 is 1.43 bits per heavy atom. The third-order valence-electron chi connectivity index (χ3n) is 3.08. The van der Waals surface area contributed by atoms with Gasteiger partial charge < -0.3 is 15.8 Å². The molecule has 21 heavy (non-hydrogen) atoms. The van der Waals surface area contributed by atoms with E-state index in [-0.39, 0.29) is 30.7 Å². The molecule has 0 saturated heterocycles. The molecule has 0 saturated carbocycles. The van der Waals surface area contributed by atoms with E-state index in [1.165, 1.54) is 11.8 Å². The van der Waals surface area contributed by atoms with E-state index in [1.807, 2.05) is 0 Å². The molecule has 7 nitrogen and oxygen atoms in total. The summed E-state index contributed by atoms with van der Waals surface area (Å²) in [6.45, 7) is 1.85. The van der Waals surface area contributed by atoms with E-state index in [9.17, 15) is 14.4 Å². The van der Waals surface area contributed by atoms with Crippen LogP contribution in [0.4, 0.5) is 5.69 Å². The standard InChI is InChI=1S/C14H17N3O4/c1-9(18)10-2-3-12-11(6-10)17(14(20)8-21-12)7-13(19)16-5-4-15/h2-3,6H,4-5,7-8,15H2,1H3,(H,16,19). The van der Waals surface area contributed by atoms with Gasteiger partial charge in [-0.05, 0) is 25.1 Å². The highest BCUT2D eigenvalue weighted by Crippen LogP contribution is 2.32. The van der Waals surface area contributed by atoms with E-state index < -0.39 is 0 Å². The third-order valence-corrected chi connectivity index (χ3v) is 3.08. The first-order valence-electron chi connectivity index (χ1n) is 6.58. The number of hydrogen-bond acceptors (Lipinski definition) is 5. The highest BCUT2D eigenvalue weighted by molar-refractivity contribution is 6.04. The maximum Gasteiger partial charge on any atom is 0.265 e. The Labute approximate surface area is 122 Å². The summed E-state index contributed by atoms with van der Waals surface area (Å²) in [4.78, 5) is 36.5. The number of nitrogens with two attached hydrogens (primary N) is 1. The van der Waals surface area contributed by atoms with Crippen LogP contribution in [0.3, 0.4) is 0 Å². The Morgan fingerprint density at radius 2 is 2.19 bits per heavy atom. The van der Waals surface area contributed by atoms with Crippen LogP contribution in [0.1, 0.15) is 17.3 Å². The largest absolute Gasteiger partial charge is 0.482 e. The lowest BCUT2D eigenvalue weighted by atomic mass is 10.1. The second-order valence-electron chi connectivity index (χ2n) is 4.65. The number of fused-ring (bicyclic) bond motifs is 1. The van der Waals surface area contributed by atoms with Crippen LogP contribution in [0.5, 0.6) is 5.75 Å². The number of anilines is 1. The summed E-state index contributed by atoms with van der Waals surface area (Å²) >= 11 is 0. The van der Waals surface area contributed by atoms with E-state index in [2.05, 4.69) is 5.32 Å². The number of rotatable bonds is 5. The zero-order chi connectivity index (χ0) is 15.4. The lowest BCUT2D eigenvalue weighted by molar-refractivity contribution is -0.125. The van der Waals surface area contributed by atoms with Crippen molar-refractivity contribution in [1.82, 2.24) is 5.32 Å². The van der Waals surface area contributed by atoms with Gasteiger partial charge in [0.2, 0.25) is 5.91 Å². The maximum absolute atomic E-state index is 12.0. The molecule has 1 heterocycles. The first-order valence-corrected chi connectivity index (χ1v) is 6.58. The van der Waals surface area contributed by atoms with Gasteiger partial charge in [-0.3, -0.25) is 19.3 Å². The molecule has 1 aromatic carbocycles. The number of nitrogens with one attached hydrogen (secondary N) is 1. The second-order valence-corrected chi connectivity index (χ2v) is 4.65. The number of nitrogens with zero attached hydrogens (tertiary/aromatic N) is 1. The fourth-order valence-corrected chi connectivity index (χ4v) is 2.01. The van der Waals surface area contributed by atoms with Gasteiger partial charge in [0.05, 0.1) is 5.69 Å². The third kappa shape index (κ3) is 3.38. The normalized spacial score (nSPS) is 13.4. The molecule has 1 aliphatic heterocycles. The van der Waals surface area contributed by atoms with E-state index in [0.717, 1.165) is 0 Å². The highest BCUT2D eigenvalue weighted by atomic mass is 16.5. The number of benzene rings is 1. The number of hydrogen-bond donors (Lipinski definition) is 2. The summed E-state index contributed by atoms with van der Waals surface area (Å²) in [6, 6.07) is 4.82. The van der Waals surface area contributed by atoms with Crippen molar-refractivity contribution in [3.63, 3.8) is 0 Å². The second kappa shape index (κ2) is 6.36. The van der Waals surface area contributed by atoms with Gasteiger partial charge in [0.1, 0.15) is 12.3 Å². The minimum absolute atomic E-state index is 0.122. The molecule has 1 aromatic rings. The number of Topliss-reactive ketones (excluding diaryl/α,β-unsaturated/α-hetero) is 1. The van der Waals surface area contributed by atoms with Gasteiger partial charge in [-0.25, -0.2) is 0 Å². The topological polar surface area (TPSA) is 102 Å². The predicted octanol–water partition coefficient (Wildman–Crippen LogP) is -0.310. The number of ketones is 1. The van der Waals surface area contributed by atoms with Crippen molar-refractivity contribution in [2.24, 2.45) is 5.73 Å². The van der Waals surface area contributed by atoms with Crippen LogP contribution in [0.15, 0.2) is 18.2 Å². The van der Waals surface area contributed by atoms with Crippen LogP contribution < -0.4 is 20.7 Å². The van der Waals surface area contributed by atoms with Crippen molar-refractivity contribution in [3.8, 4) is 5.75 Å². The smallest absolute Gasteiger partial charge is 0.265 e. The summed E-state index contributed by atoms with van der Waals surface area (Å²) in [5, 5.41) is 2.60. The van der Waals surface area contributed by atoms with Crippen molar-refractivity contribution in [3.05, 3.63) is 23.8 Å². The molecule has 7 heteroatoms. The number of ether oxygens (including phenoxy) is 1. The van der Waals surface area contributed by atoms with Gasteiger partial charge in [-0.15, -0.1) is 0 Å². The Bertz CT molecular complexity index is 586. The van der Waals surface area contributed by atoms with Crippen LogP contribution in [0, 0.1) is 0 Å². The summed E-state index contributed by atoms with van der Waals surface area (Å²) in [5.74, 6) is -0.282. The van der Waals surface area contributed by atoms with E-state index in [0.29, 0.717) is 30.1 Å². The average molecular weight is 291 g/mol. The first kappa shape index (κ1) is 15.0. The molecule has 1 aliphatic rings. The Kier molecular flexibility index (Phi) is 4.54. The lowest BCUT2D eigenvalue weighted by Crippen LogP contribution is -2.45. The van der Waals surface area contributed by atoms with Crippen molar-refractivity contribution in [2.75, 3.05) is 31.1 Å². The molecule has 0 fully saturated rings. The molecule has 0 unspecified atom stereocenters. The van der Waals surface area contributed by atoms with E-state index >= 15 is 0 Å². The molecular formula is C14H17N3O4. The van der Waals surface area contributed by atoms with Crippen LogP contribution in [0.2, 0.25) is 0 Å². The van der Waals surface area contributed by atoms with Gasteiger partial charge in [0, 0.05) is 18.7 Å². The zero-order valence-electron chi connectivity index (χ0n) is 11.7. The molecular weight excluding hydrogens is 274 g/mol. The first-order chi connectivity index (χ1) is 10.0. The molecule has 0 radical (unpaired) electrons. The van der Waals surface area contributed by atoms with Crippen LogP contribution in [0.25, 0.3) is 0 Å². The average Bonchev–Trinajstić information content (AvgIpc) is 2.47. The predicted molar refractivity (Wildman–Crippen MR) is 76.4 cm³/mol. The fourth-order valence-electron chi connectivity index (χ4n) is 2.01. The molecule has 0 bridgehead atoms. The van der Waals surface area contributed by atoms with Gasteiger partial charge in [-0.1, -0.05) is 0 Å². The van der Waals surface area contributed by atoms with Crippen LogP contribution in [-0.2, 0) is 9.59 Å². The molecule has 0 atom stereocenters. The van der Waals surface area contributed by atoms with Gasteiger partial charge in [-0.2, -0.15) is 0 Å². The SMILES string of the molecule is CC(=O)c1ccc2c(c1)N(CC(=O)NCCN)C(=O)CO2. The molecule has 0 aliphatic carbocycles. The van der Waals surface area contributed by atoms with Gasteiger partial charge in [0.25, 0.3) is 5.91 Å².